The Kier molecular flexibility index (Phi) is 9.51. The van der Waals surface area contributed by atoms with Gasteiger partial charge in [0.15, 0.2) is 0 Å². The predicted octanol–water partition coefficient (Wildman–Crippen LogP) is 6.91. The second-order valence-electron chi connectivity index (χ2n) is 8.78. The highest BCUT2D eigenvalue weighted by Crippen LogP contribution is 2.32. The fraction of sp³-hybridized carbons (Fsp3) is 0.481. The van der Waals surface area contributed by atoms with Gasteiger partial charge in [0.25, 0.3) is 10.0 Å². The van der Waals surface area contributed by atoms with Crippen LogP contribution in [0, 0.1) is 6.92 Å². The summed E-state index contributed by atoms with van der Waals surface area (Å²) in [5.41, 5.74) is 2.08. The lowest BCUT2D eigenvalue weighted by Crippen LogP contribution is -2.33. The van der Waals surface area contributed by atoms with Crippen molar-refractivity contribution in [1.82, 2.24) is 4.47 Å². The Balaban J connectivity index is 1.67. The summed E-state index contributed by atoms with van der Waals surface area (Å²) in [6, 6.07) is 16.6. The zero-order valence-corrected chi connectivity index (χ0v) is 20.3. The van der Waals surface area contributed by atoms with E-state index in [0.29, 0.717) is 6.42 Å². The first-order valence-corrected chi connectivity index (χ1v) is 13.5. The Morgan fingerprint density at radius 3 is 2.28 bits per heavy atom. The van der Waals surface area contributed by atoms with Gasteiger partial charge in [-0.15, -0.1) is 0 Å². The molecule has 1 heterocycles. The van der Waals surface area contributed by atoms with E-state index in [1.807, 2.05) is 61.5 Å². The number of hydroxylamine groups is 1. The van der Waals surface area contributed by atoms with E-state index in [9.17, 15) is 8.42 Å². The van der Waals surface area contributed by atoms with Crippen LogP contribution in [0.25, 0.3) is 6.08 Å². The van der Waals surface area contributed by atoms with Gasteiger partial charge in [-0.2, -0.15) is 0 Å². The molecule has 2 aromatic rings. The highest BCUT2D eigenvalue weighted by atomic mass is 32.2. The van der Waals surface area contributed by atoms with E-state index in [-0.39, 0.29) is 17.0 Å². The third kappa shape index (κ3) is 7.03. The lowest BCUT2D eigenvalue weighted by molar-refractivity contribution is -0.0865. The molecule has 174 valence electrons. The summed E-state index contributed by atoms with van der Waals surface area (Å²) >= 11 is 0. The van der Waals surface area contributed by atoms with Gasteiger partial charge < -0.3 is 0 Å². The number of hydrogen-bond donors (Lipinski definition) is 0. The molecule has 0 bridgehead atoms. The summed E-state index contributed by atoms with van der Waals surface area (Å²) in [5, 5.41) is 0. The molecule has 0 saturated carbocycles. The van der Waals surface area contributed by atoms with E-state index >= 15 is 0 Å². The van der Waals surface area contributed by atoms with Crippen molar-refractivity contribution in [2.75, 3.05) is 0 Å². The Hall–Kier alpha value is -1.95. The van der Waals surface area contributed by atoms with Gasteiger partial charge >= 0.3 is 0 Å². The van der Waals surface area contributed by atoms with Gasteiger partial charge in [0.1, 0.15) is 0 Å². The van der Waals surface area contributed by atoms with Crippen LogP contribution >= 0.6 is 0 Å². The van der Waals surface area contributed by atoms with Crippen molar-refractivity contribution < 1.29 is 13.3 Å². The summed E-state index contributed by atoms with van der Waals surface area (Å²) in [4.78, 5) is 6.33. The molecule has 1 fully saturated rings. The zero-order chi connectivity index (χ0) is 22.8. The molecule has 1 aliphatic rings. The van der Waals surface area contributed by atoms with Gasteiger partial charge in [0.2, 0.25) is 0 Å². The molecule has 1 aliphatic heterocycles. The molecule has 0 unspecified atom stereocenters. The molecule has 32 heavy (non-hydrogen) atoms. The van der Waals surface area contributed by atoms with Gasteiger partial charge in [-0.1, -0.05) is 117 Å². The molecule has 2 atom stereocenters. The lowest BCUT2D eigenvalue weighted by atomic mass is 10.0. The lowest BCUT2D eigenvalue weighted by Gasteiger charge is -2.20. The first-order chi connectivity index (χ1) is 15.5. The maximum Gasteiger partial charge on any atom is 0.265 e. The van der Waals surface area contributed by atoms with Crippen LogP contribution in [0.4, 0.5) is 0 Å². The summed E-state index contributed by atoms with van der Waals surface area (Å²) in [5.74, 6) is 0. The maximum atomic E-state index is 13.4. The van der Waals surface area contributed by atoms with Gasteiger partial charge in [-0.25, -0.2) is 8.42 Å². The van der Waals surface area contributed by atoms with Crippen LogP contribution in [0.1, 0.15) is 75.8 Å². The Morgan fingerprint density at radius 1 is 0.938 bits per heavy atom. The van der Waals surface area contributed by atoms with Crippen LogP contribution in [0.15, 0.2) is 65.6 Å². The quantitative estimate of drug-likeness (QED) is 0.327. The monoisotopic (exact) mass is 455 g/mol. The third-order valence-electron chi connectivity index (χ3n) is 6.02. The second kappa shape index (κ2) is 12.3. The molecule has 4 nitrogen and oxygen atoms in total. The highest BCUT2D eigenvalue weighted by Gasteiger charge is 2.40. The topological polar surface area (TPSA) is 46.6 Å². The summed E-state index contributed by atoms with van der Waals surface area (Å²) in [6.07, 6.45) is 14.1. The number of benzene rings is 2. The molecule has 0 N–H and O–H groups in total. The highest BCUT2D eigenvalue weighted by molar-refractivity contribution is 7.89. The first-order valence-electron chi connectivity index (χ1n) is 12.0. The van der Waals surface area contributed by atoms with E-state index in [1.54, 1.807) is 12.1 Å². The average molecular weight is 456 g/mol. The van der Waals surface area contributed by atoms with Gasteiger partial charge in [-0.05, 0) is 37.5 Å². The molecule has 0 aliphatic carbocycles. The second-order valence-corrected chi connectivity index (χ2v) is 10.6. The van der Waals surface area contributed by atoms with E-state index < -0.39 is 10.0 Å². The maximum absolute atomic E-state index is 13.4. The molecule has 0 spiro atoms. The smallest absolute Gasteiger partial charge is 0.265 e. The molecule has 1 saturated heterocycles. The Bertz CT molecular complexity index is 939. The number of nitrogens with zero attached hydrogens (tertiary/aromatic N) is 1. The van der Waals surface area contributed by atoms with Crippen molar-refractivity contribution in [3.8, 4) is 0 Å². The van der Waals surface area contributed by atoms with Gasteiger partial charge in [0.05, 0.1) is 17.0 Å². The van der Waals surface area contributed by atoms with Crippen LogP contribution in [0.5, 0.6) is 0 Å². The molecule has 3 rings (SSSR count). The zero-order valence-electron chi connectivity index (χ0n) is 19.4. The minimum Gasteiger partial charge on any atom is -0.280 e. The van der Waals surface area contributed by atoms with Crippen molar-refractivity contribution in [1.29, 1.82) is 0 Å². The van der Waals surface area contributed by atoms with Crippen LogP contribution in [-0.2, 0) is 14.9 Å². The molecule has 5 heteroatoms. The van der Waals surface area contributed by atoms with Gasteiger partial charge in [0, 0.05) is 0 Å². The standard InChI is InChI=1S/C27H37NO3S/c1-3-4-5-6-7-8-12-15-26-22-25(19-18-24-13-10-9-11-14-24)28(31-26)32(29,30)27-20-16-23(2)17-21-27/h9-11,13-14,16-21,25-26H,3-8,12,15,22H2,1-2H3/b19-18+/t25-,26+/m0/s1. The third-order valence-corrected chi connectivity index (χ3v) is 7.72. The van der Waals surface area contributed by atoms with Crippen LogP contribution in [-0.4, -0.2) is 25.0 Å². The van der Waals surface area contributed by atoms with Crippen LogP contribution in [0.2, 0.25) is 0 Å². The minimum atomic E-state index is -3.73. The van der Waals surface area contributed by atoms with Crippen molar-refractivity contribution >= 4 is 16.1 Å². The Morgan fingerprint density at radius 2 is 1.59 bits per heavy atom. The Labute approximate surface area is 194 Å². The molecule has 0 aromatic heterocycles. The van der Waals surface area contributed by atoms with Crippen molar-refractivity contribution in [3.05, 3.63) is 71.8 Å². The average Bonchev–Trinajstić information content (AvgIpc) is 3.22. The van der Waals surface area contributed by atoms with Crippen molar-refractivity contribution in [2.45, 2.75) is 88.7 Å². The van der Waals surface area contributed by atoms with E-state index in [1.165, 1.54) is 43.0 Å². The number of unbranched alkanes of at least 4 members (excludes halogenated alkanes) is 6. The van der Waals surface area contributed by atoms with Crippen LogP contribution < -0.4 is 0 Å². The van der Waals surface area contributed by atoms with Crippen molar-refractivity contribution in [3.63, 3.8) is 0 Å². The van der Waals surface area contributed by atoms with E-state index in [0.717, 1.165) is 24.0 Å². The minimum absolute atomic E-state index is 0.0729. The molecule has 2 aromatic carbocycles. The fourth-order valence-electron chi connectivity index (χ4n) is 4.11. The SMILES string of the molecule is CCCCCCCCC[C@@H]1C[C@H](/C=C/c2ccccc2)N(S(=O)(=O)c2ccc(C)cc2)O1. The number of rotatable bonds is 12. The van der Waals surface area contributed by atoms with E-state index in [4.69, 9.17) is 4.84 Å². The number of hydrogen-bond acceptors (Lipinski definition) is 3. The predicted molar refractivity (Wildman–Crippen MR) is 132 cm³/mol. The number of aryl methyl sites for hydroxylation is 1. The molecular weight excluding hydrogens is 418 g/mol. The normalized spacial score (nSPS) is 19.7. The first kappa shape index (κ1) is 24.7. The van der Waals surface area contributed by atoms with Crippen molar-refractivity contribution in [2.24, 2.45) is 0 Å². The number of sulfonamides is 1. The summed E-state index contributed by atoms with van der Waals surface area (Å²) < 4.78 is 28.0. The van der Waals surface area contributed by atoms with E-state index in [2.05, 4.69) is 6.92 Å². The molecular formula is C27H37NO3S. The largest absolute Gasteiger partial charge is 0.280 e. The molecule has 0 amide bonds. The fourth-order valence-corrected chi connectivity index (χ4v) is 5.54. The summed E-state index contributed by atoms with van der Waals surface area (Å²) in [7, 11) is -3.73. The summed E-state index contributed by atoms with van der Waals surface area (Å²) in [6.45, 7) is 4.18. The van der Waals surface area contributed by atoms with Gasteiger partial charge in [-0.3, -0.25) is 4.84 Å². The molecule has 0 radical (unpaired) electrons. The van der Waals surface area contributed by atoms with Crippen LogP contribution in [0.3, 0.4) is 0 Å².